The summed E-state index contributed by atoms with van der Waals surface area (Å²) in [4.78, 5) is 15.3. The molecule has 20 heavy (non-hydrogen) atoms. The first-order valence-electron chi connectivity index (χ1n) is 6.38. The van der Waals surface area contributed by atoms with Crippen LogP contribution in [-0.4, -0.2) is 28.6 Å². The summed E-state index contributed by atoms with van der Waals surface area (Å²) in [6.45, 7) is 5.51. The van der Waals surface area contributed by atoms with Gasteiger partial charge >= 0.3 is 0 Å². The van der Waals surface area contributed by atoms with Crippen molar-refractivity contribution in [2.45, 2.75) is 20.4 Å². The first kappa shape index (κ1) is 14.7. The fourth-order valence-corrected chi connectivity index (χ4v) is 2.20. The molecule has 2 aromatic heterocycles. The molecule has 0 aliphatic carbocycles. The molecule has 0 N–H and O–H groups in total. The van der Waals surface area contributed by atoms with Crippen molar-refractivity contribution in [1.29, 1.82) is 0 Å². The number of hydrogen-bond acceptors (Lipinski definition) is 5. The standard InChI is InChI=1S/C14H17BrN4O/c1-4-19(9-11-7-5-6-10(2)17-11)14-16-8-12(15)13(18-14)20-3/h5-8H,4,9H2,1-3H3. The third kappa shape index (κ3) is 3.45. The highest BCUT2D eigenvalue weighted by Gasteiger charge is 2.12. The quantitative estimate of drug-likeness (QED) is 0.840. The first-order valence-corrected chi connectivity index (χ1v) is 7.17. The summed E-state index contributed by atoms with van der Waals surface area (Å²) in [5.74, 6) is 1.17. The monoisotopic (exact) mass is 336 g/mol. The first-order chi connectivity index (χ1) is 9.63. The Morgan fingerprint density at radius 2 is 2.10 bits per heavy atom. The van der Waals surface area contributed by atoms with Crippen LogP contribution in [0.15, 0.2) is 28.9 Å². The van der Waals surface area contributed by atoms with Gasteiger partial charge < -0.3 is 9.64 Å². The van der Waals surface area contributed by atoms with Crippen LogP contribution in [0.3, 0.4) is 0 Å². The third-order valence-corrected chi connectivity index (χ3v) is 3.40. The van der Waals surface area contributed by atoms with E-state index < -0.39 is 0 Å². The Morgan fingerprint density at radius 1 is 1.30 bits per heavy atom. The van der Waals surface area contributed by atoms with Crippen molar-refractivity contribution in [2.75, 3.05) is 18.6 Å². The van der Waals surface area contributed by atoms with Gasteiger partial charge in [0, 0.05) is 12.2 Å². The second-order valence-corrected chi connectivity index (χ2v) is 5.17. The van der Waals surface area contributed by atoms with E-state index in [4.69, 9.17) is 4.74 Å². The molecule has 0 aliphatic rings. The molecule has 5 nitrogen and oxygen atoms in total. The number of ether oxygens (including phenoxy) is 1. The Morgan fingerprint density at radius 3 is 2.75 bits per heavy atom. The Bertz CT molecular complexity index is 591. The van der Waals surface area contributed by atoms with Gasteiger partial charge in [-0.05, 0) is 41.9 Å². The van der Waals surface area contributed by atoms with Gasteiger partial charge in [-0.25, -0.2) is 4.98 Å². The molecule has 2 aromatic rings. The molecule has 6 heteroatoms. The molecular formula is C14H17BrN4O. The van der Waals surface area contributed by atoms with E-state index in [9.17, 15) is 0 Å². The summed E-state index contributed by atoms with van der Waals surface area (Å²) in [7, 11) is 1.59. The summed E-state index contributed by atoms with van der Waals surface area (Å²) >= 11 is 3.36. The zero-order valence-corrected chi connectivity index (χ0v) is 13.4. The lowest BCUT2D eigenvalue weighted by atomic mass is 10.3. The second-order valence-electron chi connectivity index (χ2n) is 4.31. The Kier molecular flexibility index (Phi) is 4.89. The summed E-state index contributed by atoms with van der Waals surface area (Å²) in [6.07, 6.45) is 1.70. The average Bonchev–Trinajstić information content (AvgIpc) is 2.45. The minimum Gasteiger partial charge on any atom is -0.480 e. The minimum absolute atomic E-state index is 0.533. The largest absolute Gasteiger partial charge is 0.480 e. The molecule has 0 amide bonds. The lowest BCUT2D eigenvalue weighted by molar-refractivity contribution is 0.393. The maximum Gasteiger partial charge on any atom is 0.232 e. The van der Waals surface area contributed by atoms with Crippen molar-refractivity contribution in [3.63, 3.8) is 0 Å². The van der Waals surface area contributed by atoms with E-state index in [0.717, 1.165) is 22.4 Å². The van der Waals surface area contributed by atoms with E-state index in [1.807, 2.05) is 25.1 Å². The SMILES string of the molecule is CCN(Cc1cccc(C)n1)c1ncc(Br)c(OC)n1. The van der Waals surface area contributed by atoms with Crippen LogP contribution < -0.4 is 9.64 Å². The molecule has 0 aromatic carbocycles. The number of rotatable bonds is 5. The molecule has 0 bridgehead atoms. The van der Waals surface area contributed by atoms with E-state index >= 15 is 0 Å². The Hall–Kier alpha value is -1.69. The lowest BCUT2D eigenvalue weighted by Crippen LogP contribution is -2.25. The van der Waals surface area contributed by atoms with Crippen molar-refractivity contribution < 1.29 is 4.74 Å². The van der Waals surface area contributed by atoms with Gasteiger partial charge in [-0.3, -0.25) is 4.98 Å². The van der Waals surface area contributed by atoms with Crippen molar-refractivity contribution in [2.24, 2.45) is 0 Å². The van der Waals surface area contributed by atoms with Crippen LogP contribution >= 0.6 is 15.9 Å². The van der Waals surface area contributed by atoms with Gasteiger partial charge in [-0.1, -0.05) is 6.07 Å². The molecule has 2 heterocycles. The number of hydrogen-bond donors (Lipinski definition) is 0. The Labute approximate surface area is 127 Å². The van der Waals surface area contributed by atoms with Gasteiger partial charge in [0.05, 0.1) is 30.0 Å². The van der Waals surface area contributed by atoms with Crippen LogP contribution in [0.2, 0.25) is 0 Å². The molecule has 0 aliphatic heterocycles. The summed E-state index contributed by atoms with van der Waals surface area (Å²) < 4.78 is 5.95. The molecule has 0 spiro atoms. The van der Waals surface area contributed by atoms with Gasteiger partial charge in [-0.2, -0.15) is 4.98 Å². The molecule has 106 valence electrons. The lowest BCUT2D eigenvalue weighted by Gasteiger charge is -2.21. The number of pyridine rings is 1. The van der Waals surface area contributed by atoms with Crippen LogP contribution in [0.25, 0.3) is 0 Å². The number of anilines is 1. The van der Waals surface area contributed by atoms with Crippen LogP contribution in [0.4, 0.5) is 5.95 Å². The van der Waals surface area contributed by atoms with Crippen molar-refractivity contribution >= 4 is 21.9 Å². The van der Waals surface area contributed by atoms with Crippen LogP contribution in [0.1, 0.15) is 18.3 Å². The van der Waals surface area contributed by atoms with Gasteiger partial charge in [0.2, 0.25) is 11.8 Å². The topological polar surface area (TPSA) is 51.1 Å². The zero-order chi connectivity index (χ0) is 14.5. The molecule has 0 saturated carbocycles. The predicted molar refractivity (Wildman–Crippen MR) is 82.0 cm³/mol. The smallest absolute Gasteiger partial charge is 0.232 e. The third-order valence-electron chi connectivity index (χ3n) is 2.86. The molecule has 0 radical (unpaired) electrons. The van der Waals surface area contributed by atoms with E-state index in [1.165, 1.54) is 0 Å². The maximum absolute atomic E-state index is 5.21. The zero-order valence-electron chi connectivity index (χ0n) is 11.8. The van der Waals surface area contributed by atoms with Crippen LogP contribution in [0.5, 0.6) is 5.88 Å². The fraction of sp³-hybridized carbons (Fsp3) is 0.357. The van der Waals surface area contributed by atoms with Crippen LogP contribution in [0, 0.1) is 6.92 Å². The molecule has 2 rings (SSSR count). The van der Waals surface area contributed by atoms with Gasteiger partial charge in [0.15, 0.2) is 0 Å². The van der Waals surface area contributed by atoms with Gasteiger partial charge in [0.1, 0.15) is 0 Å². The van der Waals surface area contributed by atoms with Crippen molar-refractivity contribution in [1.82, 2.24) is 15.0 Å². The Balaban J connectivity index is 2.24. The van der Waals surface area contributed by atoms with Crippen molar-refractivity contribution in [3.05, 3.63) is 40.3 Å². The number of nitrogens with zero attached hydrogens (tertiary/aromatic N) is 4. The molecular weight excluding hydrogens is 320 g/mol. The maximum atomic E-state index is 5.21. The summed E-state index contributed by atoms with van der Waals surface area (Å²) in [6, 6.07) is 6.00. The van der Waals surface area contributed by atoms with Crippen LogP contribution in [-0.2, 0) is 6.54 Å². The van der Waals surface area contributed by atoms with Gasteiger partial charge in [0.25, 0.3) is 0 Å². The highest BCUT2D eigenvalue weighted by molar-refractivity contribution is 9.10. The molecule has 0 saturated heterocycles. The normalized spacial score (nSPS) is 10.4. The second kappa shape index (κ2) is 6.65. The summed E-state index contributed by atoms with van der Waals surface area (Å²) in [5.41, 5.74) is 2.00. The van der Waals surface area contributed by atoms with E-state index in [2.05, 4.69) is 42.7 Å². The molecule has 0 fully saturated rings. The summed E-state index contributed by atoms with van der Waals surface area (Å²) in [5, 5.41) is 0. The fourth-order valence-electron chi connectivity index (χ4n) is 1.85. The number of aromatic nitrogens is 3. The van der Waals surface area contributed by atoms with Crippen molar-refractivity contribution in [3.8, 4) is 5.88 Å². The van der Waals surface area contributed by atoms with E-state index in [0.29, 0.717) is 18.4 Å². The van der Waals surface area contributed by atoms with Gasteiger partial charge in [-0.15, -0.1) is 0 Å². The molecule has 0 atom stereocenters. The average molecular weight is 337 g/mol. The number of aryl methyl sites for hydroxylation is 1. The highest BCUT2D eigenvalue weighted by atomic mass is 79.9. The van der Waals surface area contributed by atoms with E-state index in [-0.39, 0.29) is 0 Å². The highest BCUT2D eigenvalue weighted by Crippen LogP contribution is 2.23. The number of methoxy groups -OCH3 is 1. The minimum atomic E-state index is 0.533. The van der Waals surface area contributed by atoms with E-state index in [1.54, 1.807) is 13.3 Å². The predicted octanol–water partition coefficient (Wildman–Crippen LogP) is 2.98. The number of halogens is 1. The molecule has 0 unspecified atom stereocenters.